The lowest BCUT2D eigenvalue weighted by Gasteiger charge is -2.03. The number of para-hydroxylation sites is 1. The molecule has 3 nitrogen and oxygen atoms in total. The van der Waals surface area contributed by atoms with Crippen molar-refractivity contribution in [3.8, 4) is 6.19 Å². The molecule has 15 heavy (non-hydrogen) atoms. The number of thioether (sulfide) groups is 1. The van der Waals surface area contributed by atoms with E-state index in [1.165, 1.54) is 11.8 Å². The summed E-state index contributed by atoms with van der Waals surface area (Å²) in [5, 5.41) is 12.3. The number of amidine groups is 1. The highest BCUT2D eigenvalue weighted by molar-refractivity contribution is 8.13. The molecule has 1 rings (SSSR count). The molecule has 1 aromatic carbocycles. The lowest BCUT2D eigenvalue weighted by Crippen LogP contribution is -2.12. The number of aliphatic imine (C=N–C) groups is 1. The van der Waals surface area contributed by atoms with Crippen LogP contribution in [0.1, 0.15) is 0 Å². The van der Waals surface area contributed by atoms with Gasteiger partial charge in [-0.2, -0.15) is 5.26 Å². The van der Waals surface area contributed by atoms with Crippen LogP contribution in [0.3, 0.4) is 0 Å². The SMILES string of the molecule is CSC(=Nc1c(Cl)cccc1Cl)NC#N. The van der Waals surface area contributed by atoms with Gasteiger partial charge in [-0.05, 0) is 18.4 Å². The van der Waals surface area contributed by atoms with Crippen LogP contribution in [-0.2, 0) is 0 Å². The van der Waals surface area contributed by atoms with Crippen molar-refractivity contribution in [2.75, 3.05) is 6.26 Å². The molecule has 0 saturated heterocycles. The number of hydrogen-bond donors (Lipinski definition) is 1. The van der Waals surface area contributed by atoms with Gasteiger partial charge in [-0.3, -0.25) is 5.32 Å². The second-order valence-electron chi connectivity index (χ2n) is 2.43. The molecule has 0 bridgehead atoms. The first kappa shape index (κ1) is 12.2. The average Bonchev–Trinajstić information content (AvgIpc) is 2.22. The molecule has 0 heterocycles. The fourth-order valence-electron chi connectivity index (χ4n) is 0.870. The first-order valence-corrected chi connectivity index (χ1v) is 5.89. The topological polar surface area (TPSA) is 48.2 Å². The highest BCUT2D eigenvalue weighted by atomic mass is 35.5. The van der Waals surface area contributed by atoms with Crippen molar-refractivity contribution in [3.63, 3.8) is 0 Å². The number of nitrogens with zero attached hydrogens (tertiary/aromatic N) is 2. The highest BCUT2D eigenvalue weighted by Gasteiger charge is 2.05. The first-order chi connectivity index (χ1) is 7.19. The van der Waals surface area contributed by atoms with Crippen LogP contribution >= 0.6 is 35.0 Å². The summed E-state index contributed by atoms with van der Waals surface area (Å²) in [5.74, 6) is 0. The number of hydrogen-bond acceptors (Lipinski definition) is 3. The zero-order chi connectivity index (χ0) is 11.3. The van der Waals surface area contributed by atoms with Crippen molar-refractivity contribution in [1.29, 1.82) is 5.26 Å². The molecule has 78 valence electrons. The van der Waals surface area contributed by atoms with Crippen LogP contribution < -0.4 is 5.32 Å². The van der Waals surface area contributed by atoms with Crippen LogP contribution in [0.5, 0.6) is 0 Å². The smallest absolute Gasteiger partial charge is 0.183 e. The summed E-state index contributed by atoms with van der Waals surface area (Å²) < 4.78 is 0. The Morgan fingerprint density at radius 3 is 2.53 bits per heavy atom. The van der Waals surface area contributed by atoms with Gasteiger partial charge < -0.3 is 0 Å². The molecule has 0 saturated carbocycles. The minimum absolute atomic E-state index is 0.451. The Hall–Kier alpha value is -0.890. The number of nitrogens with one attached hydrogen (secondary N) is 1. The van der Waals surface area contributed by atoms with Gasteiger partial charge in [0.15, 0.2) is 11.4 Å². The molecule has 0 fully saturated rings. The Morgan fingerprint density at radius 2 is 2.07 bits per heavy atom. The molecule has 0 atom stereocenters. The Balaban J connectivity index is 3.11. The molecule has 0 spiro atoms. The fraction of sp³-hybridized carbons (Fsp3) is 0.111. The van der Waals surface area contributed by atoms with E-state index in [1.54, 1.807) is 30.6 Å². The summed E-state index contributed by atoms with van der Waals surface area (Å²) in [5.41, 5.74) is 0.466. The Bertz CT molecular complexity index is 406. The lowest BCUT2D eigenvalue weighted by molar-refractivity contribution is 1.28. The van der Waals surface area contributed by atoms with Crippen LogP contribution in [0.2, 0.25) is 10.0 Å². The van der Waals surface area contributed by atoms with Crippen LogP contribution in [0.4, 0.5) is 5.69 Å². The van der Waals surface area contributed by atoms with E-state index in [0.717, 1.165) is 0 Å². The quantitative estimate of drug-likeness (QED) is 0.364. The zero-order valence-electron chi connectivity index (χ0n) is 7.79. The molecule has 1 N–H and O–H groups in total. The van der Waals surface area contributed by atoms with Crippen LogP contribution in [0, 0.1) is 11.5 Å². The maximum Gasteiger partial charge on any atom is 0.183 e. The van der Waals surface area contributed by atoms with E-state index >= 15 is 0 Å². The van der Waals surface area contributed by atoms with Crippen molar-refractivity contribution in [1.82, 2.24) is 5.32 Å². The van der Waals surface area contributed by atoms with E-state index in [-0.39, 0.29) is 0 Å². The summed E-state index contributed by atoms with van der Waals surface area (Å²) in [6.07, 6.45) is 3.59. The van der Waals surface area contributed by atoms with Crippen LogP contribution in [0.25, 0.3) is 0 Å². The number of benzene rings is 1. The van der Waals surface area contributed by atoms with Gasteiger partial charge in [0, 0.05) is 0 Å². The number of rotatable bonds is 1. The van der Waals surface area contributed by atoms with Crippen molar-refractivity contribution in [2.45, 2.75) is 0 Å². The molecule has 0 aliphatic carbocycles. The third-order valence-electron chi connectivity index (χ3n) is 1.51. The molecular formula is C9H7Cl2N3S. The predicted octanol–water partition coefficient (Wildman–Crippen LogP) is 3.41. The molecule has 0 amide bonds. The van der Waals surface area contributed by atoms with E-state index in [1.807, 2.05) is 0 Å². The van der Waals surface area contributed by atoms with Gasteiger partial charge in [0.1, 0.15) is 5.69 Å². The van der Waals surface area contributed by atoms with Gasteiger partial charge in [-0.25, -0.2) is 4.99 Å². The van der Waals surface area contributed by atoms with E-state index in [2.05, 4.69) is 10.3 Å². The molecule has 0 radical (unpaired) electrons. The zero-order valence-corrected chi connectivity index (χ0v) is 10.1. The maximum absolute atomic E-state index is 8.46. The molecule has 1 aromatic rings. The summed E-state index contributed by atoms with van der Waals surface area (Å²) in [6, 6.07) is 5.12. The highest BCUT2D eigenvalue weighted by Crippen LogP contribution is 2.33. The monoisotopic (exact) mass is 259 g/mol. The van der Waals surface area contributed by atoms with Gasteiger partial charge in [-0.15, -0.1) is 0 Å². The van der Waals surface area contributed by atoms with Crippen LogP contribution in [0.15, 0.2) is 23.2 Å². The normalized spacial score (nSPS) is 10.9. The van der Waals surface area contributed by atoms with Gasteiger partial charge in [0.05, 0.1) is 10.0 Å². The Labute approximate surface area is 102 Å². The predicted molar refractivity (Wildman–Crippen MR) is 65.8 cm³/mol. The van der Waals surface area contributed by atoms with E-state index in [0.29, 0.717) is 20.9 Å². The summed E-state index contributed by atoms with van der Waals surface area (Å²) in [4.78, 5) is 4.15. The van der Waals surface area contributed by atoms with E-state index < -0.39 is 0 Å². The fourth-order valence-corrected chi connectivity index (χ4v) is 1.68. The standard InChI is InChI=1S/C9H7Cl2N3S/c1-15-9(13-5-12)14-8-6(10)3-2-4-7(8)11/h2-4H,1H3,(H,13,14). The maximum atomic E-state index is 8.46. The molecule has 0 aliphatic heterocycles. The third-order valence-corrected chi connectivity index (χ3v) is 2.70. The van der Waals surface area contributed by atoms with Crippen molar-refractivity contribution >= 4 is 45.8 Å². The molecule has 0 aromatic heterocycles. The number of halogens is 2. The minimum atomic E-state index is 0.451. The van der Waals surface area contributed by atoms with Crippen LogP contribution in [-0.4, -0.2) is 11.4 Å². The van der Waals surface area contributed by atoms with Crippen molar-refractivity contribution < 1.29 is 0 Å². The lowest BCUT2D eigenvalue weighted by atomic mass is 10.3. The molecular weight excluding hydrogens is 253 g/mol. The second kappa shape index (κ2) is 5.86. The molecule has 0 unspecified atom stereocenters. The van der Waals surface area contributed by atoms with Gasteiger partial charge in [0.2, 0.25) is 0 Å². The molecule has 0 aliphatic rings. The average molecular weight is 260 g/mol. The number of nitriles is 1. The van der Waals surface area contributed by atoms with Gasteiger partial charge in [0.25, 0.3) is 0 Å². The second-order valence-corrected chi connectivity index (χ2v) is 4.04. The van der Waals surface area contributed by atoms with Crippen molar-refractivity contribution in [2.24, 2.45) is 4.99 Å². The first-order valence-electron chi connectivity index (χ1n) is 3.91. The Kier molecular flexibility index (Phi) is 4.76. The summed E-state index contributed by atoms with van der Waals surface area (Å²) in [7, 11) is 0. The van der Waals surface area contributed by atoms with E-state index in [4.69, 9.17) is 28.5 Å². The summed E-state index contributed by atoms with van der Waals surface area (Å²) in [6.45, 7) is 0. The largest absolute Gasteiger partial charge is 0.271 e. The van der Waals surface area contributed by atoms with Crippen molar-refractivity contribution in [3.05, 3.63) is 28.2 Å². The van der Waals surface area contributed by atoms with Gasteiger partial charge >= 0.3 is 0 Å². The van der Waals surface area contributed by atoms with Gasteiger partial charge in [-0.1, -0.05) is 41.0 Å². The Morgan fingerprint density at radius 1 is 1.47 bits per heavy atom. The molecule has 6 heteroatoms. The third kappa shape index (κ3) is 3.31. The van der Waals surface area contributed by atoms with E-state index in [9.17, 15) is 0 Å². The summed E-state index contributed by atoms with van der Waals surface area (Å²) >= 11 is 13.1. The minimum Gasteiger partial charge on any atom is -0.271 e.